The van der Waals surface area contributed by atoms with Gasteiger partial charge in [0.05, 0.1) is 12.1 Å². The predicted octanol–water partition coefficient (Wildman–Crippen LogP) is -0.352. The lowest BCUT2D eigenvalue weighted by Crippen LogP contribution is -2.30. The maximum Gasteiger partial charge on any atom is 0.252 e. The molecule has 0 unspecified atom stereocenters. The molecule has 0 saturated heterocycles. The molecule has 20 heavy (non-hydrogen) atoms. The van der Waals surface area contributed by atoms with E-state index in [0.29, 0.717) is 17.7 Å². The molecule has 0 bridgehead atoms. The van der Waals surface area contributed by atoms with Gasteiger partial charge in [-0.2, -0.15) is 0 Å². The monoisotopic (exact) mass is 274 g/mol. The highest BCUT2D eigenvalue weighted by Crippen LogP contribution is 2.01. The molecule has 2 amide bonds. The zero-order chi connectivity index (χ0) is 14.8. The second-order valence-corrected chi connectivity index (χ2v) is 3.93. The minimum atomic E-state index is -0.279. The normalized spacial score (nSPS) is 9.30. The molecule has 6 nitrogen and oxygen atoms in total. The molecule has 0 spiro atoms. The first-order valence-electron chi connectivity index (χ1n) is 6.36. The van der Waals surface area contributed by atoms with Crippen molar-refractivity contribution in [3.63, 3.8) is 0 Å². The fourth-order valence-corrected chi connectivity index (χ4v) is 1.46. The molecule has 1 heterocycles. The van der Waals surface area contributed by atoms with Crippen molar-refractivity contribution in [3.8, 4) is 11.8 Å². The van der Waals surface area contributed by atoms with Gasteiger partial charge < -0.3 is 16.4 Å². The van der Waals surface area contributed by atoms with E-state index in [2.05, 4.69) is 27.5 Å². The molecule has 0 fully saturated rings. The van der Waals surface area contributed by atoms with E-state index < -0.39 is 0 Å². The Balaban J connectivity index is 2.53. The third kappa shape index (κ3) is 5.50. The average molecular weight is 274 g/mol. The van der Waals surface area contributed by atoms with Crippen molar-refractivity contribution >= 4 is 11.8 Å². The van der Waals surface area contributed by atoms with Gasteiger partial charge >= 0.3 is 0 Å². The summed E-state index contributed by atoms with van der Waals surface area (Å²) in [6.07, 6.45) is 3.27. The first kappa shape index (κ1) is 15.7. The van der Waals surface area contributed by atoms with Crippen LogP contribution in [0.1, 0.15) is 29.3 Å². The van der Waals surface area contributed by atoms with Crippen LogP contribution in [-0.4, -0.2) is 36.4 Å². The van der Waals surface area contributed by atoms with E-state index in [1.54, 1.807) is 12.3 Å². The molecule has 1 aromatic rings. The first-order valence-corrected chi connectivity index (χ1v) is 6.36. The Morgan fingerprint density at radius 1 is 1.35 bits per heavy atom. The SMILES string of the molecule is CCNC(=O)CCNC(=O)c1cncc(C#CCN)c1. The fourth-order valence-electron chi connectivity index (χ4n) is 1.46. The minimum Gasteiger partial charge on any atom is -0.356 e. The summed E-state index contributed by atoms with van der Waals surface area (Å²) in [5, 5.41) is 5.32. The van der Waals surface area contributed by atoms with Crippen LogP contribution in [-0.2, 0) is 4.79 Å². The summed E-state index contributed by atoms with van der Waals surface area (Å²) < 4.78 is 0. The Hall–Kier alpha value is -2.39. The highest BCUT2D eigenvalue weighted by atomic mass is 16.2. The van der Waals surface area contributed by atoms with Gasteiger partial charge in [-0.3, -0.25) is 14.6 Å². The van der Waals surface area contributed by atoms with Gasteiger partial charge in [-0.25, -0.2) is 0 Å². The van der Waals surface area contributed by atoms with Crippen LogP contribution in [0.3, 0.4) is 0 Å². The molecule has 0 radical (unpaired) electrons. The molecule has 0 aromatic carbocycles. The summed E-state index contributed by atoms with van der Waals surface area (Å²) in [5.74, 6) is 5.14. The van der Waals surface area contributed by atoms with Crippen LogP contribution in [0, 0.1) is 11.8 Å². The molecule has 1 rings (SSSR count). The van der Waals surface area contributed by atoms with E-state index in [-0.39, 0.29) is 31.3 Å². The number of pyridine rings is 1. The number of nitrogens with zero attached hydrogens (tertiary/aromatic N) is 1. The van der Waals surface area contributed by atoms with Crippen LogP contribution >= 0.6 is 0 Å². The average Bonchev–Trinajstić information content (AvgIpc) is 2.45. The lowest BCUT2D eigenvalue weighted by atomic mass is 10.2. The Labute approximate surface area is 118 Å². The molecule has 1 aromatic heterocycles. The van der Waals surface area contributed by atoms with Gasteiger partial charge in [-0.1, -0.05) is 11.8 Å². The van der Waals surface area contributed by atoms with Crippen LogP contribution < -0.4 is 16.4 Å². The zero-order valence-corrected chi connectivity index (χ0v) is 11.4. The van der Waals surface area contributed by atoms with Crippen LogP contribution in [0.4, 0.5) is 0 Å². The van der Waals surface area contributed by atoms with E-state index in [0.717, 1.165) is 0 Å². The highest BCUT2D eigenvalue weighted by Gasteiger charge is 2.07. The molecule has 0 atom stereocenters. The number of nitrogens with two attached hydrogens (primary N) is 1. The van der Waals surface area contributed by atoms with Gasteiger partial charge in [0.25, 0.3) is 5.91 Å². The number of nitrogens with one attached hydrogen (secondary N) is 2. The Morgan fingerprint density at radius 3 is 2.85 bits per heavy atom. The fraction of sp³-hybridized carbons (Fsp3) is 0.357. The molecule has 6 heteroatoms. The number of amides is 2. The Morgan fingerprint density at radius 2 is 2.15 bits per heavy atom. The standard InChI is InChI=1S/C14H18N4O2/c1-2-17-13(19)5-7-18-14(20)12-8-11(4-3-6-15)9-16-10-12/h8-10H,2,5-7,15H2,1H3,(H,17,19)(H,18,20). The molecule has 0 aliphatic heterocycles. The van der Waals surface area contributed by atoms with Gasteiger partial charge in [0.1, 0.15) is 0 Å². The lowest BCUT2D eigenvalue weighted by Gasteiger charge is -2.05. The van der Waals surface area contributed by atoms with Crippen LogP contribution in [0.25, 0.3) is 0 Å². The van der Waals surface area contributed by atoms with Crippen molar-refractivity contribution in [2.24, 2.45) is 5.73 Å². The Kier molecular flexibility index (Phi) is 6.79. The number of hydrogen-bond acceptors (Lipinski definition) is 4. The van der Waals surface area contributed by atoms with E-state index in [1.807, 2.05) is 6.92 Å². The maximum absolute atomic E-state index is 11.9. The lowest BCUT2D eigenvalue weighted by molar-refractivity contribution is -0.120. The highest BCUT2D eigenvalue weighted by molar-refractivity contribution is 5.94. The molecular weight excluding hydrogens is 256 g/mol. The quantitative estimate of drug-likeness (QED) is 0.639. The first-order chi connectivity index (χ1) is 9.67. The summed E-state index contributed by atoms with van der Waals surface area (Å²) in [7, 11) is 0. The molecule has 0 saturated carbocycles. The molecule has 0 aliphatic rings. The second kappa shape index (κ2) is 8.67. The summed E-state index contributed by atoms with van der Waals surface area (Å²) in [6.45, 7) is 2.96. The van der Waals surface area contributed by atoms with Crippen molar-refractivity contribution < 1.29 is 9.59 Å². The van der Waals surface area contributed by atoms with E-state index in [1.165, 1.54) is 6.20 Å². The number of carbonyl (C=O) groups is 2. The number of hydrogen-bond donors (Lipinski definition) is 3. The van der Waals surface area contributed by atoms with Crippen molar-refractivity contribution in [2.45, 2.75) is 13.3 Å². The number of aromatic nitrogens is 1. The van der Waals surface area contributed by atoms with Crippen molar-refractivity contribution in [3.05, 3.63) is 29.6 Å². The van der Waals surface area contributed by atoms with Crippen molar-refractivity contribution in [1.82, 2.24) is 15.6 Å². The van der Waals surface area contributed by atoms with Crippen LogP contribution in [0.5, 0.6) is 0 Å². The van der Waals surface area contributed by atoms with Crippen molar-refractivity contribution in [1.29, 1.82) is 0 Å². The smallest absolute Gasteiger partial charge is 0.252 e. The second-order valence-electron chi connectivity index (χ2n) is 3.93. The Bertz CT molecular complexity index is 531. The van der Waals surface area contributed by atoms with E-state index in [9.17, 15) is 9.59 Å². The maximum atomic E-state index is 11.9. The zero-order valence-electron chi connectivity index (χ0n) is 11.4. The van der Waals surface area contributed by atoms with E-state index in [4.69, 9.17) is 5.73 Å². The number of rotatable bonds is 5. The van der Waals surface area contributed by atoms with Gasteiger partial charge in [0.15, 0.2) is 0 Å². The summed E-state index contributed by atoms with van der Waals surface area (Å²) in [4.78, 5) is 27.0. The minimum absolute atomic E-state index is 0.0894. The van der Waals surface area contributed by atoms with Crippen LogP contribution in [0.15, 0.2) is 18.5 Å². The van der Waals surface area contributed by atoms with Crippen LogP contribution in [0.2, 0.25) is 0 Å². The van der Waals surface area contributed by atoms with Gasteiger partial charge in [-0.05, 0) is 13.0 Å². The number of carbonyl (C=O) groups excluding carboxylic acids is 2. The third-order valence-electron chi connectivity index (χ3n) is 2.35. The summed E-state index contributed by atoms with van der Waals surface area (Å²) >= 11 is 0. The van der Waals surface area contributed by atoms with Gasteiger partial charge in [-0.15, -0.1) is 0 Å². The van der Waals surface area contributed by atoms with Crippen molar-refractivity contribution in [2.75, 3.05) is 19.6 Å². The summed E-state index contributed by atoms with van der Waals surface area (Å²) in [5.41, 5.74) is 6.32. The largest absolute Gasteiger partial charge is 0.356 e. The topological polar surface area (TPSA) is 97.1 Å². The molecular formula is C14H18N4O2. The van der Waals surface area contributed by atoms with Gasteiger partial charge in [0, 0.05) is 37.5 Å². The predicted molar refractivity (Wildman–Crippen MR) is 75.8 cm³/mol. The van der Waals surface area contributed by atoms with E-state index >= 15 is 0 Å². The third-order valence-corrected chi connectivity index (χ3v) is 2.35. The molecule has 0 aliphatic carbocycles. The van der Waals surface area contributed by atoms with Gasteiger partial charge in [0.2, 0.25) is 5.91 Å². The molecule has 106 valence electrons. The summed E-state index contributed by atoms with van der Waals surface area (Å²) in [6, 6.07) is 1.64. The molecule has 4 N–H and O–H groups in total.